The van der Waals surface area contributed by atoms with Crippen LogP contribution in [0.1, 0.15) is 28.4 Å². The fourth-order valence-corrected chi connectivity index (χ4v) is 2.38. The first-order chi connectivity index (χ1) is 9.17. The molecule has 1 atom stereocenters. The molecule has 0 spiro atoms. The lowest BCUT2D eigenvalue weighted by molar-refractivity contribution is 0.136. The van der Waals surface area contributed by atoms with E-state index in [1.165, 1.54) is 11.1 Å². The minimum Gasteiger partial charge on any atom is -0.496 e. The molecule has 0 heterocycles. The highest BCUT2D eigenvalue weighted by Crippen LogP contribution is 2.32. The second-order valence-electron chi connectivity index (χ2n) is 4.70. The van der Waals surface area contributed by atoms with Crippen LogP contribution in [0.15, 0.2) is 42.5 Å². The average molecular weight is 256 g/mol. The van der Waals surface area contributed by atoms with Gasteiger partial charge in [0.05, 0.1) is 7.11 Å². The van der Waals surface area contributed by atoms with E-state index in [0.717, 1.165) is 16.9 Å². The van der Waals surface area contributed by atoms with Gasteiger partial charge in [0.2, 0.25) is 0 Å². The molecule has 0 aromatic heterocycles. The maximum absolute atomic E-state index is 5.69. The summed E-state index contributed by atoms with van der Waals surface area (Å²) in [6.45, 7) is 4.14. The highest BCUT2D eigenvalue weighted by molar-refractivity contribution is 5.45. The standard InChI is InChI=1S/C17H20O2/c1-12-11-16(18-3)13(2)10-15(12)17(19-4)14-8-6-5-7-9-14/h5-11,17H,1-4H3. The molecule has 2 heteroatoms. The van der Waals surface area contributed by atoms with Gasteiger partial charge >= 0.3 is 0 Å². The molecule has 0 N–H and O–H groups in total. The lowest BCUT2D eigenvalue weighted by Crippen LogP contribution is -2.06. The van der Waals surface area contributed by atoms with E-state index in [1.54, 1.807) is 14.2 Å². The smallest absolute Gasteiger partial charge is 0.122 e. The number of aryl methyl sites for hydroxylation is 2. The van der Waals surface area contributed by atoms with Gasteiger partial charge in [-0.25, -0.2) is 0 Å². The zero-order valence-corrected chi connectivity index (χ0v) is 11.9. The summed E-state index contributed by atoms with van der Waals surface area (Å²) < 4.78 is 11.1. The van der Waals surface area contributed by atoms with Gasteiger partial charge in [0.1, 0.15) is 11.9 Å². The SMILES string of the molecule is COc1cc(C)c(C(OC)c2ccccc2)cc1C. The predicted octanol–water partition coefficient (Wildman–Crippen LogP) is 4.05. The topological polar surface area (TPSA) is 18.5 Å². The number of hydrogen-bond donors (Lipinski definition) is 0. The van der Waals surface area contributed by atoms with E-state index in [4.69, 9.17) is 9.47 Å². The maximum atomic E-state index is 5.69. The second kappa shape index (κ2) is 5.89. The van der Waals surface area contributed by atoms with Crippen LogP contribution in [-0.4, -0.2) is 14.2 Å². The molecule has 2 nitrogen and oxygen atoms in total. The molecule has 0 amide bonds. The number of rotatable bonds is 4. The molecule has 1 unspecified atom stereocenters. The van der Waals surface area contributed by atoms with Crippen molar-refractivity contribution in [3.05, 3.63) is 64.7 Å². The molecular weight excluding hydrogens is 236 g/mol. The quantitative estimate of drug-likeness (QED) is 0.821. The molecule has 0 saturated heterocycles. The normalized spacial score (nSPS) is 12.2. The molecule has 0 aliphatic carbocycles. The Balaban J connectivity index is 2.47. The van der Waals surface area contributed by atoms with Crippen molar-refractivity contribution in [2.45, 2.75) is 20.0 Å². The monoisotopic (exact) mass is 256 g/mol. The van der Waals surface area contributed by atoms with Crippen molar-refractivity contribution < 1.29 is 9.47 Å². The summed E-state index contributed by atoms with van der Waals surface area (Å²) in [5, 5.41) is 0. The Morgan fingerprint density at radius 2 is 1.58 bits per heavy atom. The van der Waals surface area contributed by atoms with Gasteiger partial charge in [0, 0.05) is 7.11 Å². The summed E-state index contributed by atoms with van der Waals surface area (Å²) in [5.74, 6) is 0.921. The van der Waals surface area contributed by atoms with E-state index in [-0.39, 0.29) is 6.10 Å². The van der Waals surface area contributed by atoms with Crippen molar-refractivity contribution in [2.24, 2.45) is 0 Å². The highest BCUT2D eigenvalue weighted by Gasteiger charge is 2.16. The van der Waals surface area contributed by atoms with Gasteiger partial charge < -0.3 is 9.47 Å². The van der Waals surface area contributed by atoms with Gasteiger partial charge in [0.25, 0.3) is 0 Å². The van der Waals surface area contributed by atoms with E-state index >= 15 is 0 Å². The summed E-state index contributed by atoms with van der Waals surface area (Å²) >= 11 is 0. The van der Waals surface area contributed by atoms with Crippen LogP contribution in [-0.2, 0) is 4.74 Å². The van der Waals surface area contributed by atoms with Crippen molar-refractivity contribution in [3.63, 3.8) is 0 Å². The Labute approximate surface area is 115 Å². The largest absolute Gasteiger partial charge is 0.496 e. The van der Waals surface area contributed by atoms with Gasteiger partial charge in [-0.05, 0) is 48.2 Å². The van der Waals surface area contributed by atoms with Crippen LogP contribution < -0.4 is 4.74 Å². The number of ether oxygens (including phenoxy) is 2. The molecule has 0 aliphatic heterocycles. The Morgan fingerprint density at radius 3 is 2.16 bits per heavy atom. The fourth-order valence-electron chi connectivity index (χ4n) is 2.38. The minimum atomic E-state index is -0.0363. The van der Waals surface area contributed by atoms with Crippen molar-refractivity contribution in [1.82, 2.24) is 0 Å². The van der Waals surface area contributed by atoms with E-state index < -0.39 is 0 Å². The molecule has 0 bridgehead atoms. The van der Waals surface area contributed by atoms with Crippen molar-refractivity contribution >= 4 is 0 Å². The summed E-state index contributed by atoms with van der Waals surface area (Å²) in [6.07, 6.45) is -0.0363. The second-order valence-corrected chi connectivity index (χ2v) is 4.70. The maximum Gasteiger partial charge on any atom is 0.122 e. The molecule has 0 saturated carbocycles. The lowest BCUT2D eigenvalue weighted by Gasteiger charge is -2.20. The van der Waals surface area contributed by atoms with E-state index in [0.29, 0.717) is 0 Å². The molecule has 2 rings (SSSR count). The van der Waals surface area contributed by atoms with Crippen LogP contribution in [0.4, 0.5) is 0 Å². The summed E-state index contributed by atoms with van der Waals surface area (Å²) in [4.78, 5) is 0. The third-order valence-corrected chi connectivity index (χ3v) is 3.40. The molecule has 0 aliphatic rings. The number of benzene rings is 2. The average Bonchev–Trinajstić information content (AvgIpc) is 2.44. The van der Waals surface area contributed by atoms with Crippen LogP contribution >= 0.6 is 0 Å². The Bertz CT molecular complexity index is 547. The highest BCUT2D eigenvalue weighted by atomic mass is 16.5. The van der Waals surface area contributed by atoms with Crippen LogP contribution in [0.2, 0.25) is 0 Å². The van der Waals surface area contributed by atoms with Crippen LogP contribution in [0.5, 0.6) is 5.75 Å². The molecule has 100 valence electrons. The summed E-state index contributed by atoms with van der Waals surface area (Å²) in [7, 11) is 3.45. The van der Waals surface area contributed by atoms with Crippen LogP contribution in [0, 0.1) is 13.8 Å². The molecular formula is C17H20O2. The first-order valence-electron chi connectivity index (χ1n) is 6.40. The summed E-state index contributed by atoms with van der Waals surface area (Å²) in [6, 6.07) is 14.5. The Morgan fingerprint density at radius 1 is 0.895 bits per heavy atom. The Kier molecular flexibility index (Phi) is 4.23. The minimum absolute atomic E-state index is 0.0363. The molecule has 0 radical (unpaired) electrons. The van der Waals surface area contributed by atoms with Crippen LogP contribution in [0.25, 0.3) is 0 Å². The van der Waals surface area contributed by atoms with E-state index in [9.17, 15) is 0 Å². The number of methoxy groups -OCH3 is 2. The van der Waals surface area contributed by atoms with Crippen LogP contribution in [0.3, 0.4) is 0 Å². The van der Waals surface area contributed by atoms with Gasteiger partial charge in [0.15, 0.2) is 0 Å². The zero-order valence-electron chi connectivity index (χ0n) is 11.9. The predicted molar refractivity (Wildman–Crippen MR) is 77.8 cm³/mol. The van der Waals surface area contributed by atoms with Crippen molar-refractivity contribution in [2.75, 3.05) is 14.2 Å². The van der Waals surface area contributed by atoms with E-state index in [2.05, 4.69) is 38.1 Å². The van der Waals surface area contributed by atoms with Crippen molar-refractivity contribution in [3.8, 4) is 5.75 Å². The first kappa shape index (κ1) is 13.6. The lowest BCUT2D eigenvalue weighted by atomic mass is 9.95. The Hall–Kier alpha value is -1.80. The third-order valence-electron chi connectivity index (χ3n) is 3.40. The van der Waals surface area contributed by atoms with Gasteiger partial charge in [-0.15, -0.1) is 0 Å². The molecule has 0 fully saturated rings. The molecule has 2 aromatic rings. The summed E-state index contributed by atoms with van der Waals surface area (Å²) in [5.41, 5.74) is 4.66. The van der Waals surface area contributed by atoms with Gasteiger partial charge in [-0.3, -0.25) is 0 Å². The fraction of sp³-hybridized carbons (Fsp3) is 0.294. The first-order valence-corrected chi connectivity index (χ1v) is 6.40. The van der Waals surface area contributed by atoms with E-state index in [1.807, 2.05) is 18.2 Å². The molecule has 19 heavy (non-hydrogen) atoms. The van der Waals surface area contributed by atoms with Gasteiger partial charge in [-0.2, -0.15) is 0 Å². The van der Waals surface area contributed by atoms with Gasteiger partial charge in [-0.1, -0.05) is 30.3 Å². The number of hydrogen-bond acceptors (Lipinski definition) is 2. The third kappa shape index (κ3) is 2.79. The van der Waals surface area contributed by atoms with Crippen molar-refractivity contribution in [1.29, 1.82) is 0 Å². The molecule has 2 aromatic carbocycles. The zero-order chi connectivity index (χ0) is 13.8.